The van der Waals surface area contributed by atoms with Gasteiger partial charge in [0.05, 0.1) is 11.7 Å². The summed E-state index contributed by atoms with van der Waals surface area (Å²) in [5.74, 6) is -0.0508. The first kappa shape index (κ1) is 13.3. The number of hydrogen-bond acceptors (Lipinski definition) is 3. The van der Waals surface area contributed by atoms with E-state index in [4.69, 9.17) is 5.73 Å². The molecule has 0 spiro atoms. The molecule has 0 aliphatic heterocycles. The Balaban J connectivity index is 2.05. The summed E-state index contributed by atoms with van der Waals surface area (Å²) in [6.07, 6.45) is 3.58. The van der Waals surface area contributed by atoms with Gasteiger partial charge in [0.25, 0.3) is 0 Å². The Labute approximate surface area is 112 Å². The summed E-state index contributed by atoms with van der Waals surface area (Å²) in [4.78, 5) is 11.8. The van der Waals surface area contributed by atoms with Crippen LogP contribution in [0.3, 0.4) is 0 Å². The number of carbonyl (C=O) groups is 1. The van der Waals surface area contributed by atoms with Crippen molar-refractivity contribution in [2.75, 3.05) is 5.32 Å². The second kappa shape index (κ2) is 5.67. The fourth-order valence-corrected chi connectivity index (χ4v) is 1.65. The molecule has 100 valence electrons. The van der Waals surface area contributed by atoms with E-state index in [1.807, 2.05) is 50.4 Å². The summed E-state index contributed by atoms with van der Waals surface area (Å²) in [6.45, 7) is 3.84. The molecule has 1 aromatic carbocycles. The third-order valence-corrected chi connectivity index (χ3v) is 2.92. The van der Waals surface area contributed by atoms with Crippen LogP contribution in [0.2, 0.25) is 0 Å². The predicted molar refractivity (Wildman–Crippen MR) is 75.0 cm³/mol. The van der Waals surface area contributed by atoms with Crippen LogP contribution in [0.25, 0.3) is 5.69 Å². The highest BCUT2D eigenvalue weighted by atomic mass is 16.2. The molecular formula is C14H18N4O. The van der Waals surface area contributed by atoms with E-state index in [2.05, 4.69) is 10.4 Å². The molecule has 1 aromatic heterocycles. The van der Waals surface area contributed by atoms with Crippen molar-refractivity contribution in [3.63, 3.8) is 0 Å². The van der Waals surface area contributed by atoms with Crippen LogP contribution in [0.1, 0.15) is 13.8 Å². The predicted octanol–water partition coefficient (Wildman–Crippen LogP) is 1.79. The number of rotatable bonds is 4. The molecule has 0 aliphatic carbocycles. The Bertz CT molecular complexity index is 531. The highest BCUT2D eigenvalue weighted by Gasteiger charge is 2.16. The summed E-state index contributed by atoms with van der Waals surface area (Å²) in [5.41, 5.74) is 7.46. The summed E-state index contributed by atoms with van der Waals surface area (Å²) >= 11 is 0. The van der Waals surface area contributed by atoms with Gasteiger partial charge in [-0.15, -0.1) is 0 Å². The minimum Gasteiger partial charge on any atom is -0.325 e. The molecule has 2 rings (SSSR count). The third-order valence-electron chi connectivity index (χ3n) is 2.92. The van der Waals surface area contributed by atoms with Crippen LogP contribution in [0.4, 0.5) is 5.69 Å². The molecule has 3 N–H and O–H groups in total. The van der Waals surface area contributed by atoms with Crippen molar-refractivity contribution in [3.8, 4) is 5.69 Å². The average molecular weight is 258 g/mol. The molecule has 19 heavy (non-hydrogen) atoms. The number of benzene rings is 1. The van der Waals surface area contributed by atoms with Gasteiger partial charge in [0.15, 0.2) is 0 Å². The van der Waals surface area contributed by atoms with Gasteiger partial charge in [-0.3, -0.25) is 4.79 Å². The molecule has 5 nitrogen and oxygen atoms in total. The second-order valence-electron chi connectivity index (χ2n) is 4.76. The van der Waals surface area contributed by atoms with Crippen LogP contribution in [0.15, 0.2) is 42.7 Å². The van der Waals surface area contributed by atoms with E-state index in [0.29, 0.717) is 0 Å². The molecule has 0 fully saturated rings. The van der Waals surface area contributed by atoms with E-state index < -0.39 is 6.04 Å². The first-order chi connectivity index (χ1) is 9.08. The average Bonchev–Trinajstić information content (AvgIpc) is 2.92. The van der Waals surface area contributed by atoms with E-state index >= 15 is 0 Å². The van der Waals surface area contributed by atoms with Gasteiger partial charge in [0.2, 0.25) is 5.91 Å². The monoisotopic (exact) mass is 258 g/mol. The van der Waals surface area contributed by atoms with Crippen molar-refractivity contribution < 1.29 is 4.79 Å². The number of aromatic nitrogens is 2. The molecule has 2 aromatic rings. The second-order valence-corrected chi connectivity index (χ2v) is 4.76. The lowest BCUT2D eigenvalue weighted by Crippen LogP contribution is -2.39. The normalized spacial score (nSPS) is 12.4. The number of nitrogens with zero attached hydrogens (tertiary/aromatic N) is 2. The zero-order chi connectivity index (χ0) is 13.8. The molecule has 5 heteroatoms. The van der Waals surface area contributed by atoms with E-state index in [1.165, 1.54) is 0 Å². The van der Waals surface area contributed by atoms with Crippen LogP contribution < -0.4 is 11.1 Å². The van der Waals surface area contributed by atoms with E-state index in [0.717, 1.165) is 11.4 Å². The molecular weight excluding hydrogens is 240 g/mol. The van der Waals surface area contributed by atoms with E-state index in [9.17, 15) is 4.79 Å². The fourth-order valence-electron chi connectivity index (χ4n) is 1.65. The maximum Gasteiger partial charge on any atom is 0.241 e. The zero-order valence-electron chi connectivity index (χ0n) is 11.1. The van der Waals surface area contributed by atoms with Crippen LogP contribution in [-0.4, -0.2) is 21.7 Å². The summed E-state index contributed by atoms with van der Waals surface area (Å²) < 4.78 is 1.76. The standard InChI is InChI=1S/C14H18N4O/c1-10(2)13(15)14(19)17-11-4-6-12(7-5-11)18-9-3-8-16-18/h3-10,13H,15H2,1-2H3,(H,17,19)/t13-/m1/s1. The largest absolute Gasteiger partial charge is 0.325 e. The van der Waals surface area contributed by atoms with Gasteiger partial charge in [-0.05, 0) is 36.2 Å². The van der Waals surface area contributed by atoms with Gasteiger partial charge in [-0.2, -0.15) is 5.10 Å². The third kappa shape index (κ3) is 3.20. The lowest BCUT2D eigenvalue weighted by atomic mass is 10.0. The van der Waals surface area contributed by atoms with Gasteiger partial charge in [-0.25, -0.2) is 4.68 Å². The van der Waals surface area contributed by atoms with Crippen LogP contribution in [0, 0.1) is 5.92 Å². The van der Waals surface area contributed by atoms with Crippen molar-refractivity contribution in [1.82, 2.24) is 9.78 Å². The molecule has 1 heterocycles. The molecule has 0 radical (unpaired) electrons. The van der Waals surface area contributed by atoms with Crippen LogP contribution in [-0.2, 0) is 4.79 Å². The number of amides is 1. The first-order valence-corrected chi connectivity index (χ1v) is 6.24. The van der Waals surface area contributed by atoms with Crippen molar-refractivity contribution in [2.45, 2.75) is 19.9 Å². The topological polar surface area (TPSA) is 72.9 Å². The molecule has 0 saturated carbocycles. The number of nitrogens with one attached hydrogen (secondary N) is 1. The zero-order valence-corrected chi connectivity index (χ0v) is 11.1. The molecule has 1 atom stereocenters. The minimum atomic E-state index is -0.495. The molecule has 0 aliphatic rings. The maximum absolute atomic E-state index is 11.8. The highest BCUT2D eigenvalue weighted by molar-refractivity contribution is 5.94. The molecule has 0 saturated heterocycles. The maximum atomic E-state index is 11.8. The highest BCUT2D eigenvalue weighted by Crippen LogP contribution is 2.13. The first-order valence-electron chi connectivity index (χ1n) is 6.24. The SMILES string of the molecule is CC(C)[C@@H](N)C(=O)Nc1ccc(-n2cccn2)cc1. The van der Waals surface area contributed by atoms with Gasteiger partial charge >= 0.3 is 0 Å². The van der Waals surface area contributed by atoms with Crippen molar-refractivity contribution in [1.29, 1.82) is 0 Å². The Morgan fingerprint density at radius 2 is 2.00 bits per heavy atom. The fraction of sp³-hybridized carbons (Fsp3) is 0.286. The molecule has 0 unspecified atom stereocenters. The number of anilines is 1. The van der Waals surface area contributed by atoms with Crippen LogP contribution >= 0.6 is 0 Å². The lowest BCUT2D eigenvalue weighted by Gasteiger charge is -2.15. The summed E-state index contributed by atoms with van der Waals surface area (Å²) in [5, 5.41) is 6.94. The summed E-state index contributed by atoms with van der Waals surface area (Å²) in [6, 6.07) is 8.82. The number of nitrogens with two attached hydrogens (primary N) is 1. The Kier molecular flexibility index (Phi) is 3.97. The van der Waals surface area contributed by atoms with Gasteiger partial charge < -0.3 is 11.1 Å². The minimum absolute atomic E-state index is 0.114. The molecule has 1 amide bonds. The number of hydrogen-bond donors (Lipinski definition) is 2. The van der Waals surface area contributed by atoms with Crippen molar-refractivity contribution >= 4 is 11.6 Å². The van der Waals surface area contributed by atoms with Crippen molar-refractivity contribution in [2.24, 2.45) is 11.7 Å². The van der Waals surface area contributed by atoms with E-state index in [-0.39, 0.29) is 11.8 Å². The lowest BCUT2D eigenvalue weighted by molar-refractivity contribution is -0.118. The van der Waals surface area contributed by atoms with Gasteiger partial charge in [0, 0.05) is 18.1 Å². The summed E-state index contributed by atoms with van der Waals surface area (Å²) in [7, 11) is 0. The van der Waals surface area contributed by atoms with Crippen molar-refractivity contribution in [3.05, 3.63) is 42.7 Å². The Hall–Kier alpha value is -2.14. The Morgan fingerprint density at radius 3 is 2.53 bits per heavy atom. The smallest absolute Gasteiger partial charge is 0.241 e. The number of carbonyl (C=O) groups excluding carboxylic acids is 1. The van der Waals surface area contributed by atoms with E-state index in [1.54, 1.807) is 10.9 Å². The van der Waals surface area contributed by atoms with Crippen LogP contribution in [0.5, 0.6) is 0 Å². The Morgan fingerprint density at radius 1 is 1.32 bits per heavy atom. The van der Waals surface area contributed by atoms with Gasteiger partial charge in [0.1, 0.15) is 0 Å². The van der Waals surface area contributed by atoms with Gasteiger partial charge in [-0.1, -0.05) is 13.8 Å². The quantitative estimate of drug-likeness (QED) is 0.878. The molecule has 0 bridgehead atoms.